The molecule has 0 spiro atoms. The molecule has 1 fully saturated rings. The highest BCUT2D eigenvalue weighted by Gasteiger charge is 2.27. The summed E-state index contributed by atoms with van der Waals surface area (Å²) in [6, 6.07) is 11.3. The molecule has 8 nitrogen and oxygen atoms in total. The number of likely N-dealkylation sites (tertiary alicyclic amines) is 1. The van der Waals surface area contributed by atoms with E-state index in [1.807, 2.05) is 40.9 Å². The molecule has 158 valence electrons. The van der Waals surface area contributed by atoms with E-state index in [4.69, 9.17) is 9.47 Å². The molecule has 1 amide bonds. The molecule has 0 saturated carbocycles. The van der Waals surface area contributed by atoms with Crippen LogP contribution in [0.15, 0.2) is 42.6 Å². The number of pyridine rings is 1. The standard InChI is InChI=1S/C22H27N5O3/c1-29-11-10-26-9-8-17(14-26)21-25-24-20-7-6-18(15-27(20)21)22(28)23-13-16-4-3-5-19(12-16)30-2/h3-7,12,15,17H,8-11,13-14H2,1-2H3,(H,23,28)/t17-/m0/s1. The molecule has 8 heteroatoms. The van der Waals surface area contributed by atoms with Crippen molar-refractivity contribution in [3.8, 4) is 5.75 Å². The number of nitrogens with zero attached hydrogens (tertiary/aromatic N) is 4. The molecule has 3 aromatic rings. The van der Waals surface area contributed by atoms with Crippen molar-refractivity contribution in [2.24, 2.45) is 0 Å². The second-order valence-electron chi connectivity index (χ2n) is 7.52. The fourth-order valence-electron chi connectivity index (χ4n) is 3.85. The minimum Gasteiger partial charge on any atom is -0.497 e. The number of amides is 1. The van der Waals surface area contributed by atoms with Gasteiger partial charge in [0.25, 0.3) is 5.91 Å². The summed E-state index contributed by atoms with van der Waals surface area (Å²) in [4.78, 5) is 15.1. The number of benzene rings is 1. The van der Waals surface area contributed by atoms with E-state index < -0.39 is 0 Å². The van der Waals surface area contributed by atoms with Crippen molar-refractivity contribution >= 4 is 11.6 Å². The van der Waals surface area contributed by atoms with Crippen molar-refractivity contribution in [3.63, 3.8) is 0 Å². The summed E-state index contributed by atoms with van der Waals surface area (Å²) in [6.45, 7) is 4.02. The van der Waals surface area contributed by atoms with Crippen molar-refractivity contribution in [3.05, 3.63) is 59.5 Å². The number of rotatable bonds is 8. The summed E-state index contributed by atoms with van der Waals surface area (Å²) in [5.74, 6) is 1.85. The van der Waals surface area contributed by atoms with E-state index in [9.17, 15) is 4.79 Å². The first-order chi connectivity index (χ1) is 14.7. The van der Waals surface area contributed by atoms with Crippen LogP contribution in [0.1, 0.15) is 34.1 Å². The third-order valence-corrected chi connectivity index (χ3v) is 5.53. The zero-order valence-corrected chi connectivity index (χ0v) is 17.4. The topological polar surface area (TPSA) is 81.0 Å². The molecule has 1 aliphatic rings. The number of carbonyl (C=O) groups is 1. The molecule has 30 heavy (non-hydrogen) atoms. The van der Waals surface area contributed by atoms with Crippen LogP contribution >= 0.6 is 0 Å². The number of ether oxygens (including phenoxy) is 2. The summed E-state index contributed by atoms with van der Waals surface area (Å²) in [5, 5.41) is 11.7. The van der Waals surface area contributed by atoms with Gasteiger partial charge in [-0.1, -0.05) is 12.1 Å². The van der Waals surface area contributed by atoms with E-state index in [0.29, 0.717) is 18.0 Å². The molecule has 0 radical (unpaired) electrons. The van der Waals surface area contributed by atoms with E-state index in [-0.39, 0.29) is 5.91 Å². The zero-order valence-electron chi connectivity index (χ0n) is 17.4. The Morgan fingerprint density at radius 2 is 2.13 bits per heavy atom. The third-order valence-electron chi connectivity index (χ3n) is 5.53. The molecule has 3 heterocycles. The summed E-state index contributed by atoms with van der Waals surface area (Å²) in [6.07, 6.45) is 2.86. The minimum atomic E-state index is -0.132. The summed E-state index contributed by atoms with van der Waals surface area (Å²) < 4.78 is 12.4. The largest absolute Gasteiger partial charge is 0.497 e. The maximum atomic E-state index is 12.7. The predicted octanol–water partition coefficient (Wildman–Crippen LogP) is 2.10. The van der Waals surface area contributed by atoms with Gasteiger partial charge < -0.3 is 19.7 Å². The van der Waals surface area contributed by atoms with Crippen LogP contribution in [-0.2, 0) is 11.3 Å². The Balaban J connectivity index is 1.46. The number of fused-ring (bicyclic) bond motifs is 1. The van der Waals surface area contributed by atoms with E-state index in [2.05, 4.69) is 20.4 Å². The fourth-order valence-corrected chi connectivity index (χ4v) is 3.85. The summed E-state index contributed by atoms with van der Waals surface area (Å²) in [5.41, 5.74) is 2.32. The van der Waals surface area contributed by atoms with Gasteiger partial charge in [-0.3, -0.25) is 9.20 Å². The van der Waals surface area contributed by atoms with E-state index in [1.165, 1.54) is 0 Å². The minimum absolute atomic E-state index is 0.132. The average molecular weight is 409 g/mol. The summed E-state index contributed by atoms with van der Waals surface area (Å²) >= 11 is 0. The van der Waals surface area contributed by atoms with Crippen LogP contribution in [0.3, 0.4) is 0 Å². The van der Waals surface area contributed by atoms with Gasteiger partial charge in [0.15, 0.2) is 5.65 Å². The van der Waals surface area contributed by atoms with Gasteiger partial charge in [-0.15, -0.1) is 10.2 Å². The van der Waals surface area contributed by atoms with Crippen molar-refractivity contribution in [2.45, 2.75) is 18.9 Å². The number of carbonyl (C=O) groups excluding carboxylic acids is 1. The van der Waals surface area contributed by atoms with Crippen LogP contribution in [0, 0.1) is 0 Å². The first-order valence-electron chi connectivity index (χ1n) is 10.1. The molecule has 1 aromatic carbocycles. The number of methoxy groups -OCH3 is 2. The lowest BCUT2D eigenvalue weighted by Gasteiger charge is -2.14. The Hall–Kier alpha value is -2.97. The van der Waals surface area contributed by atoms with Gasteiger partial charge in [0.1, 0.15) is 11.6 Å². The SMILES string of the molecule is COCCN1CC[C@H](c2nnc3ccc(C(=O)NCc4cccc(OC)c4)cn23)C1. The molecule has 1 atom stereocenters. The molecule has 1 aliphatic heterocycles. The number of hydrogen-bond donors (Lipinski definition) is 1. The molecule has 2 aromatic heterocycles. The zero-order chi connectivity index (χ0) is 20.9. The van der Waals surface area contributed by atoms with Crippen LogP contribution in [0.25, 0.3) is 5.65 Å². The quantitative estimate of drug-likeness (QED) is 0.614. The van der Waals surface area contributed by atoms with E-state index in [0.717, 1.165) is 55.4 Å². The van der Waals surface area contributed by atoms with E-state index >= 15 is 0 Å². The molecule has 4 rings (SSSR count). The van der Waals surface area contributed by atoms with Crippen molar-refractivity contribution in [1.29, 1.82) is 0 Å². The van der Waals surface area contributed by atoms with Gasteiger partial charge in [0, 0.05) is 38.9 Å². The van der Waals surface area contributed by atoms with Crippen LogP contribution in [0.5, 0.6) is 5.75 Å². The molecule has 0 aliphatic carbocycles. The number of nitrogens with one attached hydrogen (secondary N) is 1. The normalized spacial score (nSPS) is 16.8. The highest BCUT2D eigenvalue weighted by atomic mass is 16.5. The Kier molecular flexibility index (Phi) is 6.25. The van der Waals surface area contributed by atoms with Gasteiger partial charge in [-0.05, 0) is 42.8 Å². The van der Waals surface area contributed by atoms with Crippen molar-refractivity contribution in [1.82, 2.24) is 24.8 Å². The van der Waals surface area contributed by atoms with Crippen LogP contribution in [0.2, 0.25) is 0 Å². The molecule has 0 bridgehead atoms. The molecule has 0 unspecified atom stereocenters. The van der Waals surface area contributed by atoms with Gasteiger partial charge in [0.2, 0.25) is 0 Å². The Labute approximate surface area is 175 Å². The highest BCUT2D eigenvalue weighted by molar-refractivity contribution is 5.94. The lowest BCUT2D eigenvalue weighted by Crippen LogP contribution is -2.25. The van der Waals surface area contributed by atoms with Crippen LogP contribution < -0.4 is 10.1 Å². The third kappa shape index (κ3) is 4.44. The number of hydrogen-bond acceptors (Lipinski definition) is 6. The lowest BCUT2D eigenvalue weighted by molar-refractivity contribution is 0.0950. The first kappa shape index (κ1) is 20.3. The molecule has 1 saturated heterocycles. The monoisotopic (exact) mass is 409 g/mol. The van der Waals surface area contributed by atoms with Crippen molar-refractivity contribution in [2.75, 3.05) is 40.5 Å². The van der Waals surface area contributed by atoms with Gasteiger partial charge in [0.05, 0.1) is 19.3 Å². The first-order valence-corrected chi connectivity index (χ1v) is 10.1. The lowest BCUT2D eigenvalue weighted by atomic mass is 10.1. The molecular formula is C22H27N5O3. The fraction of sp³-hybridized carbons (Fsp3) is 0.409. The Morgan fingerprint density at radius 1 is 1.23 bits per heavy atom. The van der Waals surface area contributed by atoms with E-state index in [1.54, 1.807) is 20.3 Å². The van der Waals surface area contributed by atoms with Gasteiger partial charge in [-0.25, -0.2) is 0 Å². The Morgan fingerprint density at radius 3 is 2.97 bits per heavy atom. The smallest absolute Gasteiger partial charge is 0.253 e. The van der Waals surface area contributed by atoms with Crippen molar-refractivity contribution < 1.29 is 14.3 Å². The maximum absolute atomic E-state index is 12.7. The maximum Gasteiger partial charge on any atom is 0.253 e. The second-order valence-corrected chi connectivity index (χ2v) is 7.52. The van der Waals surface area contributed by atoms with Gasteiger partial charge in [-0.2, -0.15) is 0 Å². The Bertz CT molecular complexity index is 1020. The molecule has 1 N–H and O–H groups in total. The number of aromatic nitrogens is 3. The second kappa shape index (κ2) is 9.23. The molecular weight excluding hydrogens is 382 g/mol. The van der Waals surface area contributed by atoms with Crippen LogP contribution in [-0.4, -0.2) is 65.9 Å². The van der Waals surface area contributed by atoms with Crippen LogP contribution in [0.4, 0.5) is 0 Å². The summed E-state index contributed by atoms with van der Waals surface area (Å²) in [7, 11) is 3.35. The predicted molar refractivity (Wildman–Crippen MR) is 113 cm³/mol. The van der Waals surface area contributed by atoms with Gasteiger partial charge >= 0.3 is 0 Å². The average Bonchev–Trinajstić information content (AvgIpc) is 3.42. The highest BCUT2D eigenvalue weighted by Crippen LogP contribution is 2.26.